The van der Waals surface area contributed by atoms with Gasteiger partial charge in [0.05, 0.1) is 0 Å². The van der Waals surface area contributed by atoms with Gasteiger partial charge in [0.25, 0.3) is 0 Å². The lowest BCUT2D eigenvalue weighted by Crippen LogP contribution is -1.92. The van der Waals surface area contributed by atoms with E-state index in [4.69, 9.17) is 4.89 Å². The molecule has 3 unspecified atom stereocenters. The number of hydrogen-bond acceptors (Lipinski definition) is 3. The minimum Gasteiger partial charge on any atom is -0.325 e. The Morgan fingerprint density at radius 3 is 2.62 bits per heavy atom. The molecule has 1 aliphatic rings. The highest BCUT2D eigenvalue weighted by Gasteiger charge is 2.31. The zero-order valence-electron chi connectivity index (χ0n) is 4.50. The van der Waals surface area contributed by atoms with Crippen LogP contribution in [0.1, 0.15) is 6.92 Å². The highest BCUT2D eigenvalue weighted by Crippen LogP contribution is 2.26. The molecule has 1 rings (SSSR count). The molecule has 0 aromatic rings. The second-order valence-corrected chi connectivity index (χ2v) is 2.52. The molecule has 1 fully saturated rings. The third-order valence-corrected chi connectivity index (χ3v) is 1.39. The molecule has 1 heterocycles. The zero-order valence-corrected chi connectivity index (χ0v) is 5.50. The average Bonchev–Trinajstić information content (AvgIpc) is 2.17. The van der Waals surface area contributed by atoms with E-state index in [1.807, 2.05) is 6.92 Å². The van der Waals surface area contributed by atoms with Gasteiger partial charge in [-0.25, -0.2) is 4.62 Å². The minimum absolute atomic E-state index is 0.330. The van der Waals surface area contributed by atoms with Gasteiger partial charge in [0, 0.05) is 12.6 Å². The summed E-state index contributed by atoms with van der Waals surface area (Å²) in [5.74, 6) is 0. The van der Waals surface area contributed by atoms with Crippen LogP contribution in [0, 0.1) is 0 Å². The van der Waals surface area contributed by atoms with Crippen LogP contribution in [0.3, 0.4) is 0 Å². The van der Waals surface area contributed by atoms with Gasteiger partial charge in [-0.05, 0) is 6.92 Å². The predicted octanol–water partition coefficient (Wildman–Crippen LogP) is 0.00410. The Hall–Kier alpha value is 0.110. The van der Waals surface area contributed by atoms with Crippen molar-refractivity contribution in [2.24, 2.45) is 0 Å². The van der Waals surface area contributed by atoms with Crippen molar-refractivity contribution >= 4 is 8.25 Å². The van der Waals surface area contributed by atoms with Crippen LogP contribution in [-0.2, 0) is 9.19 Å². The molecule has 8 heavy (non-hydrogen) atoms. The normalized spacial score (nSPS) is 39.2. The highest BCUT2D eigenvalue weighted by atomic mass is 31.1. The van der Waals surface area contributed by atoms with Gasteiger partial charge in [-0.1, -0.05) is 0 Å². The van der Waals surface area contributed by atoms with Crippen molar-refractivity contribution in [1.29, 1.82) is 0 Å². The Morgan fingerprint density at radius 2 is 2.50 bits per heavy atom. The van der Waals surface area contributed by atoms with Crippen molar-refractivity contribution in [1.82, 2.24) is 5.06 Å². The van der Waals surface area contributed by atoms with Crippen molar-refractivity contribution in [2.45, 2.75) is 13.0 Å². The van der Waals surface area contributed by atoms with Crippen LogP contribution < -0.4 is 0 Å². The van der Waals surface area contributed by atoms with Crippen LogP contribution in [0.25, 0.3) is 0 Å². The lowest BCUT2D eigenvalue weighted by atomic mass is 10.6. The van der Waals surface area contributed by atoms with Crippen molar-refractivity contribution in [3.63, 3.8) is 0 Å². The van der Waals surface area contributed by atoms with E-state index in [-0.39, 0.29) is 0 Å². The number of hydrogen-bond donors (Lipinski definition) is 1. The molecule has 5 heteroatoms. The first kappa shape index (κ1) is 6.23. The first-order chi connectivity index (χ1) is 3.70. The fourth-order valence-electron chi connectivity index (χ4n) is 0.441. The van der Waals surface area contributed by atoms with Gasteiger partial charge in [-0.15, -0.1) is 0 Å². The Bertz CT molecular complexity index is 117. The quantitative estimate of drug-likeness (QED) is 0.430. The van der Waals surface area contributed by atoms with E-state index in [1.165, 1.54) is 5.06 Å². The summed E-state index contributed by atoms with van der Waals surface area (Å²) < 4.78 is 14.3. The summed E-state index contributed by atoms with van der Waals surface area (Å²) in [6.07, 6.45) is 0. The zero-order chi connectivity index (χ0) is 6.15. The maximum absolute atomic E-state index is 9.92. The molecule has 48 valence electrons. The summed E-state index contributed by atoms with van der Waals surface area (Å²) in [7, 11) is -2.73. The molecule has 0 aromatic heterocycles. The van der Waals surface area contributed by atoms with Crippen LogP contribution in [0.15, 0.2) is 0 Å². The minimum atomic E-state index is -2.73. The van der Waals surface area contributed by atoms with E-state index in [9.17, 15) is 4.57 Å². The fraction of sp³-hybridized carbons (Fsp3) is 1.00. The second kappa shape index (κ2) is 2.15. The standard InChI is InChI=1S/C3H8NO3P/c1-3-2-4(3)7-8(5)6/h3,8H,2H2,1H3,(H,5,6). The summed E-state index contributed by atoms with van der Waals surface area (Å²) in [5.41, 5.74) is 0. The molecule has 0 saturated carbocycles. The van der Waals surface area contributed by atoms with Gasteiger partial charge in [-0.2, -0.15) is 5.06 Å². The maximum Gasteiger partial charge on any atom is 0.333 e. The first-order valence-corrected chi connectivity index (χ1v) is 3.64. The van der Waals surface area contributed by atoms with Gasteiger partial charge >= 0.3 is 8.25 Å². The molecule has 0 bridgehead atoms. The third-order valence-electron chi connectivity index (χ3n) is 0.998. The lowest BCUT2D eigenvalue weighted by Gasteiger charge is -1.94. The van der Waals surface area contributed by atoms with E-state index in [1.54, 1.807) is 0 Å². The SMILES string of the molecule is CC1CN1O[PH](=O)O. The van der Waals surface area contributed by atoms with Gasteiger partial charge in [0.2, 0.25) is 0 Å². The lowest BCUT2D eigenvalue weighted by molar-refractivity contribution is 0.0510. The Kier molecular flexibility index (Phi) is 1.68. The number of nitrogens with zero attached hydrogens (tertiary/aromatic N) is 1. The number of rotatable bonds is 2. The summed E-state index contributed by atoms with van der Waals surface area (Å²) >= 11 is 0. The fourth-order valence-corrected chi connectivity index (χ4v) is 0.896. The molecular weight excluding hydrogens is 129 g/mol. The molecule has 1 saturated heterocycles. The van der Waals surface area contributed by atoms with E-state index in [0.717, 1.165) is 6.54 Å². The summed E-state index contributed by atoms with van der Waals surface area (Å²) in [5, 5.41) is 1.47. The average molecular weight is 137 g/mol. The Labute approximate surface area is 48.0 Å². The topological polar surface area (TPSA) is 49.5 Å². The Morgan fingerprint density at radius 1 is 2.00 bits per heavy atom. The van der Waals surface area contributed by atoms with E-state index in [0.29, 0.717) is 6.04 Å². The molecule has 0 aromatic carbocycles. The van der Waals surface area contributed by atoms with Crippen molar-refractivity contribution in [2.75, 3.05) is 6.54 Å². The predicted molar refractivity (Wildman–Crippen MR) is 28.5 cm³/mol. The smallest absolute Gasteiger partial charge is 0.325 e. The van der Waals surface area contributed by atoms with Crippen molar-refractivity contribution < 1.29 is 14.1 Å². The van der Waals surface area contributed by atoms with E-state index < -0.39 is 8.25 Å². The first-order valence-electron chi connectivity index (χ1n) is 2.37. The molecule has 0 aliphatic carbocycles. The van der Waals surface area contributed by atoms with Crippen LogP contribution in [0.2, 0.25) is 0 Å². The monoisotopic (exact) mass is 137 g/mol. The second-order valence-electron chi connectivity index (χ2n) is 1.81. The van der Waals surface area contributed by atoms with Crippen LogP contribution >= 0.6 is 8.25 Å². The molecule has 1 N–H and O–H groups in total. The van der Waals surface area contributed by atoms with Gasteiger partial charge in [0.15, 0.2) is 0 Å². The highest BCUT2D eigenvalue weighted by molar-refractivity contribution is 7.32. The third kappa shape index (κ3) is 1.56. The van der Waals surface area contributed by atoms with Crippen LogP contribution in [-0.4, -0.2) is 22.5 Å². The molecule has 4 nitrogen and oxygen atoms in total. The molecule has 3 atom stereocenters. The van der Waals surface area contributed by atoms with Gasteiger partial charge in [0.1, 0.15) is 0 Å². The molecular formula is C3H8NO3P. The van der Waals surface area contributed by atoms with Crippen molar-refractivity contribution in [3.8, 4) is 0 Å². The van der Waals surface area contributed by atoms with Crippen LogP contribution in [0.4, 0.5) is 0 Å². The molecule has 1 aliphatic heterocycles. The summed E-state index contributed by atoms with van der Waals surface area (Å²) in [6.45, 7) is 2.70. The van der Waals surface area contributed by atoms with Gasteiger partial charge < -0.3 is 4.89 Å². The van der Waals surface area contributed by atoms with Gasteiger partial charge in [-0.3, -0.25) is 4.57 Å². The van der Waals surface area contributed by atoms with Crippen molar-refractivity contribution in [3.05, 3.63) is 0 Å². The summed E-state index contributed by atoms with van der Waals surface area (Å²) in [6, 6.07) is 0.330. The number of hydroxylamine groups is 2. The van der Waals surface area contributed by atoms with E-state index in [2.05, 4.69) is 4.62 Å². The molecule has 0 spiro atoms. The van der Waals surface area contributed by atoms with E-state index >= 15 is 0 Å². The Balaban J connectivity index is 2.14. The maximum atomic E-state index is 9.92. The molecule has 0 radical (unpaired) electrons. The largest absolute Gasteiger partial charge is 0.333 e. The molecule has 0 amide bonds. The summed E-state index contributed by atoms with van der Waals surface area (Å²) in [4.78, 5) is 8.16. The van der Waals surface area contributed by atoms with Crippen LogP contribution in [0.5, 0.6) is 0 Å².